The molecule has 0 aromatic heterocycles. The Kier molecular flexibility index (Phi) is 3.98. The Balaban J connectivity index is 2.05. The third-order valence-corrected chi connectivity index (χ3v) is 2.34. The maximum atomic E-state index is 5.35. The molecule has 0 aromatic rings. The molecule has 12 heavy (non-hydrogen) atoms. The summed E-state index contributed by atoms with van der Waals surface area (Å²) in [5.41, 5.74) is 0.355. The zero-order valence-corrected chi connectivity index (χ0v) is 8.06. The number of rotatable bonds is 5. The van der Waals surface area contributed by atoms with Crippen molar-refractivity contribution in [2.75, 3.05) is 40.0 Å². The quantitative estimate of drug-likeness (QED) is 0.619. The first kappa shape index (κ1) is 9.96. The van der Waals surface area contributed by atoms with Crippen LogP contribution in [0, 0.1) is 5.41 Å². The van der Waals surface area contributed by atoms with Gasteiger partial charge >= 0.3 is 0 Å². The molecule has 1 heterocycles. The first-order valence-electron chi connectivity index (χ1n) is 4.54. The monoisotopic (exact) mass is 173 g/mol. The van der Waals surface area contributed by atoms with Crippen molar-refractivity contribution in [1.29, 1.82) is 0 Å². The van der Waals surface area contributed by atoms with Crippen LogP contribution in [0.3, 0.4) is 0 Å². The Labute approximate surface area is 74.4 Å². The zero-order chi connectivity index (χ0) is 8.86. The third kappa shape index (κ3) is 3.09. The second kappa shape index (κ2) is 4.80. The molecule has 1 atom stereocenters. The molecule has 1 unspecified atom stereocenters. The van der Waals surface area contributed by atoms with Gasteiger partial charge in [0.2, 0.25) is 0 Å². The van der Waals surface area contributed by atoms with Gasteiger partial charge in [0.15, 0.2) is 0 Å². The molecule has 0 amide bonds. The van der Waals surface area contributed by atoms with Gasteiger partial charge in [0.1, 0.15) is 0 Å². The summed E-state index contributed by atoms with van der Waals surface area (Å²) in [6.07, 6.45) is 1.17. The second-order valence-corrected chi connectivity index (χ2v) is 3.78. The molecular weight excluding hydrogens is 154 g/mol. The molecule has 72 valence electrons. The highest BCUT2D eigenvalue weighted by Gasteiger charge is 2.28. The number of hydrogen-bond donors (Lipinski definition) is 1. The Morgan fingerprint density at radius 1 is 1.58 bits per heavy atom. The molecule has 1 saturated heterocycles. The molecule has 0 radical (unpaired) electrons. The summed E-state index contributed by atoms with van der Waals surface area (Å²) in [7, 11) is 1.72. The van der Waals surface area contributed by atoms with Crippen molar-refractivity contribution in [3.8, 4) is 0 Å². The first-order valence-corrected chi connectivity index (χ1v) is 4.54. The lowest BCUT2D eigenvalue weighted by atomic mass is 9.90. The van der Waals surface area contributed by atoms with Crippen LogP contribution in [0.2, 0.25) is 0 Å². The van der Waals surface area contributed by atoms with Crippen LogP contribution in [0.5, 0.6) is 0 Å². The molecule has 0 aromatic carbocycles. The summed E-state index contributed by atoms with van der Waals surface area (Å²) in [6.45, 7) is 6.84. The van der Waals surface area contributed by atoms with Crippen LogP contribution >= 0.6 is 0 Å². The SMILES string of the molecule is COCCNCC1(C)CCOC1. The Morgan fingerprint density at radius 2 is 2.42 bits per heavy atom. The van der Waals surface area contributed by atoms with E-state index in [9.17, 15) is 0 Å². The molecule has 0 bridgehead atoms. The van der Waals surface area contributed by atoms with Crippen LogP contribution in [0.1, 0.15) is 13.3 Å². The molecule has 3 heteroatoms. The van der Waals surface area contributed by atoms with Crippen molar-refractivity contribution in [3.63, 3.8) is 0 Å². The average Bonchev–Trinajstić information content (AvgIpc) is 2.47. The fourth-order valence-corrected chi connectivity index (χ4v) is 1.41. The van der Waals surface area contributed by atoms with Crippen molar-refractivity contribution < 1.29 is 9.47 Å². The van der Waals surface area contributed by atoms with E-state index in [1.54, 1.807) is 7.11 Å². The lowest BCUT2D eigenvalue weighted by Gasteiger charge is -2.21. The van der Waals surface area contributed by atoms with Crippen LogP contribution in [0.4, 0.5) is 0 Å². The maximum Gasteiger partial charge on any atom is 0.0587 e. The standard InChI is InChI=1S/C9H19NO2/c1-9(3-5-12-8-9)7-10-4-6-11-2/h10H,3-8H2,1-2H3. The summed E-state index contributed by atoms with van der Waals surface area (Å²) < 4.78 is 10.3. The highest BCUT2D eigenvalue weighted by molar-refractivity contribution is 4.80. The molecule has 0 aliphatic carbocycles. The summed E-state index contributed by atoms with van der Waals surface area (Å²) >= 11 is 0. The van der Waals surface area contributed by atoms with Gasteiger partial charge in [0.25, 0.3) is 0 Å². The molecule has 1 rings (SSSR count). The largest absolute Gasteiger partial charge is 0.383 e. The van der Waals surface area contributed by atoms with Crippen LogP contribution in [-0.2, 0) is 9.47 Å². The van der Waals surface area contributed by atoms with E-state index in [1.807, 2.05) is 0 Å². The van der Waals surface area contributed by atoms with Gasteiger partial charge in [-0.15, -0.1) is 0 Å². The van der Waals surface area contributed by atoms with E-state index in [1.165, 1.54) is 6.42 Å². The van der Waals surface area contributed by atoms with Crippen molar-refractivity contribution in [2.45, 2.75) is 13.3 Å². The molecule has 0 spiro atoms. The molecular formula is C9H19NO2. The minimum absolute atomic E-state index is 0.355. The predicted molar refractivity (Wildman–Crippen MR) is 48.3 cm³/mol. The highest BCUT2D eigenvalue weighted by atomic mass is 16.5. The van der Waals surface area contributed by atoms with E-state index in [2.05, 4.69) is 12.2 Å². The average molecular weight is 173 g/mol. The van der Waals surface area contributed by atoms with E-state index in [0.29, 0.717) is 5.41 Å². The van der Waals surface area contributed by atoms with Gasteiger partial charge in [0, 0.05) is 32.2 Å². The van der Waals surface area contributed by atoms with Crippen LogP contribution in [0.15, 0.2) is 0 Å². The van der Waals surface area contributed by atoms with Crippen LogP contribution in [0.25, 0.3) is 0 Å². The summed E-state index contributed by atoms with van der Waals surface area (Å²) in [5, 5.41) is 3.36. The Morgan fingerprint density at radius 3 is 3.00 bits per heavy atom. The molecule has 1 aliphatic rings. The number of hydrogen-bond acceptors (Lipinski definition) is 3. The summed E-state index contributed by atoms with van der Waals surface area (Å²) in [6, 6.07) is 0. The van der Waals surface area contributed by atoms with E-state index < -0.39 is 0 Å². The Bertz CT molecular complexity index is 122. The normalized spacial score (nSPS) is 29.5. The minimum Gasteiger partial charge on any atom is -0.383 e. The lowest BCUT2D eigenvalue weighted by Crippen LogP contribution is -2.33. The maximum absolute atomic E-state index is 5.35. The van der Waals surface area contributed by atoms with Gasteiger partial charge in [-0.3, -0.25) is 0 Å². The van der Waals surface area contributed by atoms with Gasteiger partial charge in [-0.1, -0.05) is 6.92 Å². The second-order valence-electron chi connectivity index (χ2n) is 3.78. The van der Waals surface area contributed by atoms with Gasteiger partial charge < -0.3 is 14.8 Å². The predicted octanol–water partition coefficient (Wildman–Crippen LogP) is 0.649. The van der Waals surface area contributed by atoms with Gasteiger partial charge in [0.05, 0.1) is 13.2 Å². The summed E-state index contributed by atoms with van der Waals surface area (Å²) in [5.74, 6) is 0. The minimum atomic E-state index is 0.355. The molecule has 1 N–H and O–H groups in total. The van der Waals surface area contributed by atoms with Gasteiger partial charge in [-0.05, 0) is 6.42 Å². The lowest BCUT2D eigenvalue weighted by molar-refractivity contribution is 0.153. The zero-order valence-electron chi connectivity index (χ0n) is 8.06. The molecule has 1 fully saturated rings. The van der Waals surface area contributed by atoms with E-state index in [-0.39, 0.29) is 0 Å². The van der Waals surface area contributed by atoms with Gasteiger partial charge in [-0.2, -0.15) is 0 Å². The van der Waals surface area contributed by atoms with Gasteiger partial charge in [-0.25, -0.2) is 0 Å². The highest BCUT2D eigenvalue weighted by Crippen LogP contribution is 2.26. The summed E-state index contributed by atoms with van der Waals surface area (Å²) in [4.78, 5) is 0. The molecule has 3 nitrogen and oxygen atoms in total. The van der Waals surface area contributed by atoms with Crippen molar-refractivity contribution in [1.82, 2.24) is 5.32 Å². The van der Waals surface area contributed by atoms with Crippen molar-refractivity contribution in [2.24, 2.45) is 5.41 Å². The topological polar surface area (TPSA) is 30.5 Å². The van der Waals surface area contributed by atoms with Crippen LogP contribution in [-0.4, -0.2) is 40.0 Å². The van der Waals surface area contributed by atoms with E-state index >= 15 is 0 Å². The van der Waals surface area contributed by atoms with Crippen molar-refractivity contribution >= 4 is 0 Å². The number of methoxy groups -OCH3 is 1. The molecule has 1 aliphatic heterocycles. The molecule has 0 saturated carbocycles. The smallest absolute Gasteiger partial charge is 0.0587 e. The number of ether oxygens (including phenoxy) is 2. The Hall–Kier alpha value is -0.120. The first-order chi connectivity index (χ1) is 5.77. The fraction of sp³-hybridized carbons (Fsp3) is 1.00. The van der Waals surface area contributed by atoms with Crippen molar-refractivity contribution in [3.05, 3.63) is 0 Å². The third-order valence-electron chi connectivity index (χ3n) is 2.34. The van der Waals surface area contributed by atoms with E-state index in [4.69, 9.17) is 9.47 Å². The number of nitrogens with one attached hydrogen (secondary N) is 1. The van der Waals surface area contributed by atoms with Crippen LogP contribution < -0.4 is 5.32 Å². The fourth-order valence-electron chi connectivity index (χ4n) is 1.41. The van der Waals surface area contributed by atoms with E-state index in [0.717, 1.165) is 32.9 Å².